The molecule has 0 fully saturated rings. The summed E-state index contributed by atoms with van der Waals surface area (Å²) in [5.74, 6) is 0.427. The number of halogens is 2. The third-order valence-electron chi connectivity index (χ3n) is 4.09. The fourth-order valence-corrected chi connectivity index (χ4v) is 3.04. The van der Waals surface area contributed by atoms with Crippen molar-refractivity contribution in [2.75, 3.05) is 6.54 Å². The normalized spacial score (nSPS) is 14.1. The van der Waals surface area contributed by atoms with Gasteiger partial charge in [0.05, 0.1) is 0 Å². The van der Waals surface area contributed by atoms with Gasteiger partial charge in [-0.25, -0.2) is 4.39 Å². The van der Waals surface area contributed by atoms with Crippen LogP contribution in [0.1, 0.15) is 70.9 Å². The fraction of sp³-hybridized carbons (Fsp3) is 0.667. The summed E-state index contributed by atoms with van der Waals surface area (Å²) in [5.41, 5.74) is 1.03. The summed E-state index contributed by atoms with van der Waals surface area (Å²) in [6.45, 7) is 7.60. The second kappa shape index (κ2) is 10.2. The highest BCUT2D eigenvalue weighted by molar-refractivity contribution is 6.31. The largest absolute Gasteiger partial charge is 0.310 e. The molecule has 1 N–H and O–H groups in total. The zero-order valence-corrected chi connectivity index (χ0v) is 14.3. The molecular weight excluding hydrogens is 285 g/mol. The van der Waals surface area contributed by atoms with Gasteiger partial charge in [0, 0.05) is 11.1 Å². The minimum Gasteiger partial charge on any atom is -0.310 e. The molecule has 1 aromatic carbocycles. The Balaban J connectivity index is 2.83. The number of unbranched alkanes of at least 4 members (excludes halogenated alkanes) is 1. The fourth-order valence-electron chi connectivity index (χ4n) is 2.74. The summed E-state index contributed by atoms with van der Waals surface area (Å²) in [5, 5.41) is 4.12. The minimum atomic E-state index is -0.268. The van der Waals surface area contributed by atoms with Gasteiger partial charge < -0.3 is 5.32 Å². The van der Waals surface area contributed by atoms with E-state index in [4.69, 9.17) is 11.6 Å². The van der Waals surface area contributed by atoms with Crippen molar-refractivity contribution in [3.63, 3.8) is 0 Å². The van der Waals surface area contributed by atoms with E-state index in [1.54, 1.807) is 0 Å². The summed E-state index contributed by atoms with van der Waals surface area (Å²) in [7, 11) is 0. The number of benzene rings is 1. The topological polar surface area (TPSA) is 12.0 Å². The third kappa shape index (κ3) is 6.36. The van der Waals surface area contributed by atoms with Gasteiger partial charge in [0.1, 0.15) is 5.82 Å². The Kier molecular flexibility index (Phi) is 8.94. The van der Waals surface area contributed by atoms with Crippen molar-refractivity contribution in [3.8, 4) is 0 Å². The van der Waals surface area contributed by atoms with E-state index in [-0.39, 0.29) is 11.9 Å². The number of hydrogen-bond donors (Lipinski definition) is 1. The average molecular weight is 314 g/mol. The van der Waals surface area contributed by atoms with Gasteiger partial charge in [-0.2, -0.15) is 0 Å². The molecule has 0 spiro atoms. The quantitative estimate of drug-likeness (QED) is 0.548. The first-order valence-electron chi connectivity index (χ1n) is 8.30. The van der Waals surface area contributed by atoms with Gasteiger partial charge in [-0.3, -0.25) is 0 Å². The van der Waals surface area contributed by atoms with Gasteiger partial charge in [-0.1, -0.05) is 64.1 Å². The van der Waals surface area contributed by atoms with E-state index in [1.165, 1.54) is 37.8 Å². The molecule has 0 amide bonds. The van der Waals surface area contributed by atoms with Crippen molar-refractivity contribution < 1.29 is 4.39 Å². The van der Waals surface area contributed by atoms with E-state index in [0.29, 0.717) is 10.9 Å². The summed E-state index contributed by atoms with van der Waals surface area (Å²) in [6, 6.07) is 4.98. The van der Waals surface area contributed by atoms with Crippen LogP contribution in [0.5, 0.6) is 0 Å². The Morgan fingerprint density at radius 2 is 1.95 bits per heavy atom. The van der Waals surface area contributed by atoms with E-state index in [2.05, 4.69) is 26.1 Å². The molecule has 0 saturated heterocycles. The molecule has 2 atom stereocenters. The van der Waals surface area contributed by atoms with Crippen LogP contribution in [0.4, 0.5) is 4.39 Å². The second-order valence-electron chi connectivity index (χ2n) is 5.82. The van der Waals surface area contributed by atoms with Gasteiger partial charge in [0.25, 0.3) is 0 Å². The highest BCUT2D eigenvalue weighted by Crippen LogP contribution is 2.31. The molecule has 2 unspecified atom stereocenters. The first kappa shape index (κ1) is 18.4. The van der Waals surface area contributed by atoms with E-state index < -0.39 is 0 Å². The van der Waals surface area contributed by atoms with E-state index in [1.807, 2.05) is 6.07 Å². The zero-order chi connectivity index (χ0) is 15.7. The standard InChI is InChI=1S/C18H29ClFN/c1-4-7-8-14(6-3)12-18(21-11-5-2)16-10-9-15(20)13-17(16)19/h9-10,13-14,18,21H,4-8,11-12H2,1-3H3. The van der Waals surface area contributed by atoms with Crippen LogP contribution < -0.4 is 5.32 Å². The molecule has 0 aromatic heterocycles. The molecule has 1 rings (SSSR count). The molecule has 0 aliphatic heterocycles. The third-order valence-corrected chi connectivity index (χ3v) is 4.42. The van der Waals surface area contributed by atoms with Gasteiger partial charge in [-0.05, 0) is 43.0 Å². The van der Waals surface area contributed by atoms with Crippen LogP contribution in [0.15, 0.2) is 18.2 Å². The molecule has 21 heavy (non-hydrogen) atoms. The average Bonchev–Trinajstić information content (AvgIpc) is 2.47. The molecule has 3 heteroatoms. The Bertz CT molecular complexity index is 408. The van der Waals surface area contributed by atoms with Crippen LogP contribution in [0.3, 0.4) is 0 Å². The molecule has 0 heterocycles. The zero-order valence-electron chi connectivity index (χ0n) is 13.6. The van der Waals surface area contributed by atoms with Crippen molar-refractivity contribution in [2.24, 2.45) is 5.92 Å². The lowest BCUT2D eigenvalue weighted by Crippen LogP contribution is -2.25. The van der Waals surface area contributed by atoms with Crippen LogP contribution in [0.25, 0.3) is 0 Å². The summed E-state index contributed by atoms with van der Waals surface area (Å²) in [4.78, 5) is 0. The molecule has 1 aromatic rings. The molecule has 0 bridgehead atoms. The number of hydrogen-bond acceptors (Lipinski definition) is 1. The maximum atomic E-state index is 13.3. The number of nitrogens with one attached hydrogen (secondary N) is 1. The van der Waals surface area contributed by atoms with Gasteiger partial charge in [-0.15, -0.1) is 0 Å². The molecule has 120 valence electrons. The van der Waals surface area contributed by atoms with Crippen molar-refractivity contribution >= 4 is 11.6 Å². The first-order chi connectivity index (χ1) is 10.1. The Labute approximate surface area is 134 Å². The number of rotatable bonds is 10. The monoisotopic (exact) mass is 313 g/mol. The van der Waals surface area contributed by atoms with E-state index in [0.717, 1.165) is 24.9 Å². The molecule has 0 aliphatic rings. The van der Waals surface area contributed by atoms with Gasteiger partial charge in [0.15, 0.2) is 0 Å². The lowest BCUT2D eigenvalue weighted by atomic mass is 9.89. The van der Waals surface area contributed by atoms with Crippen LogP contribution in [0, 0.1) is 11.7 Å². The van der Waals surface area contributed by atoms with Crippen molar-refractivity contribution in [3.05, 3.63) is 34.6 Å². The smallest absolute Gasteiger partial charge is 0.124 e. The van der Waals surface area contributed by atoms with Gasteiger partial charge in [0.2, 0.25) is 0 Å². The van der Waals surface area contributed by atoms with E-state index >= 15 is 0 Å². The highest BCUT2D eigenvalue weighted by atomic mass is 35.5. The Morgan fingerprint density at radius 3 is 2.52 bits per heavy atom. The predicted octanol–water partition coefficient (Wildman–Crippen LogP) is 6.13. The molecule has 0 aliphatic carbocycles. The lowest BCUT2D eigenvalue weighted by molar-refractivity contribution is 0.353. The summed E-state index contributed by atoms with van der Waals surface area (Å²) < 4.78 is 13.3. The van der Waals surface area contributed by atoms with Crippen molar-refractivity contribution in [1.29, 1.82) is 0 Å². The first-order valence-corrected chi connectivity index (χ1v) is 8.68. The van der Waals surface area contributed by atoms with Crippen LogP contribution >= 0.6 is 11.6 Å². The van der Waals surface area contributed by atoms with Crippen molar-refractivity contribution in [1.82, 2.24) is 5.32 Å². The van der Waals surface area contributed by atoms with E-state index in [9.17, 15) is 4.39 Å². The molecule has 0 saturated carbocycles. The maximum Gasteiger partial charge on any atom is 0.124 e. The summed E-state index contributed by atoms with van der Waals surface area (Å²) in [6.07, 6.45) is 7.11. The highest BCUT2D eigenvalue weighted by Gasteiger charge is 2.19. The lowest BCUT2D eigenvalue weighted by Gasteiger charge is -2.25. The van der Waals surface area contributed by atoms with Crippen LogP contribution in [-0.4, -0.2) is 6.54 Å². The molecule has 1 nitrogen and oxygen atoms in total. The SMILES string of the molecule is CCCCC(CC)CC(NCCC)c1ccc(F)cc1Cl. The van der Waals surface area contributed by atoms with Crippen molar-refractivity contribution in [2.45, 2.75) is 65.3 Å². The Morgan fingerprint density at radius 1 is 1.19 bits per heavy atom. The van der Waals surface area contributed by atoms with Crippen LogP contribution in [0.2, 0.25) is 5.02 Å². The Hall–Kier alpha value is -0.600. The minimum absolute atomic E-state index is 0.222. The molecule has 0 radical (unpaired) electrons. The predicted molar refractivity (Wildman–Crippen MR) is 90.4 cm³/mol. The summed E-state index contributed by atoms with van der Waals surface area (Å²) >= 11 is 6.25. The van der Waals surface area contributed by atoms with Gasteiger partial charge >= 0.3 is 0 Å². The second-order valence-corrected chi connectivity index (χ2v) is 6.23. The maximum absolute atomic E-state index is 13.3. The van der Waals surface area contributed by atoms with Crippen LogP contribution in [-0.2, 0) is 0 Å². The molecular formula is C18H29ClFN.